The van der Waals surface area contributed by atoms with Crippen LogP contribution in [0.2, 0.25) is 0 Å². The minimum absolute atomic E-state index is 0.573. The van der Waals surface area contributed by atoms with Crippen LogP contribution in [0, 0.1) is 11.3 Å². The van der Waals surface area contributed by atoms with Gasteiger partial charge in [-0.15, -0.1) is 0 Å². The molecule has 1 N–H and O–H groups in total. The number of hydrogen-bond donors (Lipinski definition) is 1. The van der Waals surface area contributed by atoms with Gasteiger partial charge >= 0.3 is 0 Å². The van der Waals surface area contributed by atoms with E-state index in [2.05, 4.69) is 21.0 Å². The molecule has 0 atom stereocenters. The second-order valence-corrected chi connectivity index (χ2v) is 4.77. The van der Waals surface area contributed by atoms with Crippen molar-refractivity contribution in [1.29, 1.82) is 5.26 Å². The number of rotatable bonds is 1. The summed E-state index contributed by atoms with van der Waals surface area (Å²) in [7, 11) is 0. The van der Waals surface area contributed by atoms with Gasteiger partial charge in [0, 0.05) is 10.9 Å². The second-order valence-electron chi connectivity index (χ2n) is 4.77. The fourth-order valence-electron chi connectivity index (χ4n) is 2.50. The Morgan fingerprint density at radius 1 is 0.905 bits per heavy atom. The van der Waals surface area contributed by atoms with Gasteiger partial charge in [0.25, 0.3) is 0 Å². The number of para-hydroxylation sites is 1. The maximum absolute atomic E-state index is 9.49. The highest BCUT2D eigenvalue weighted by atomic mass is 15.0. The number of imidazole rings is 1. The number of nitrogens with one attached hydrogen (secondary N) is 1. The molecule has 2 heterocycles. The van der Waals surface area contributed by atoms with E-state index < -0.39 is 0 Å². The van der Waals surface area contributed by atoms with Gasteiger partial charge in [-0.2, -0.15) is 5.26 Å². The molecule has 98 valence electrons. The Balaban J connectivity index is 2.08. The van der Waals surface area contributed by atoms with Gasteiger partial charge in [0.05, 0.1) is 11.1 Å². The molecule has 0 bridgehead atoms. The van der Waals surface area contributed by atoms with Crippen molar-refractivity contribution < 1.29 is 0 Å². The first kappa shape index (κ1) is 11.6. The minimum Gasteiger partial charge on any atom is -0.335 e. The molecule has 4 rings (SSSR count). The SMILES string of the molecule is N#Cc1c2ccccc2nc2nc(-c3ccccc3)[nH]c12. The van der Waals surface area contributed by atoms with Crippen LogP contribution < -0.4 is 0 Å². The molecule has 0 aliphatic heterocycles. The minimum atomic E-state index is 0.573. The monoisotopic (exact) mass is 270 g/mol. The molecule has 2 aromatic heterocycles. The van der Waals surface area contributed by atoms with Gasteiger partial charge in [0.15, 0.2) is 5.65 Å². The van der Waals surface area contributed by atoms with Gasteiger partial charge in [-0.3, -0.25) is 0 Å². The predicted molar refractivity (Wildman–Crippen MR) is 81.5 cm³/mol. The Labute approximate surface area is 120 Å². The van der Waals surface area contributed by atoms with E-state index in [0.717, 1.165) is 22.3 Å². The summed E-state index contributed by atoms with van der Waals surface area (Å²) in [5.74, 6) is 0.727. The van der Waals surface area contributed by atoms with Crippen LogP contribution in [0.4, 0.5) is 0 Å². The van der Waals surface area contributed by atoms with E-state index in [1.54, 1.807) is 0 Å². The first-order valence-electron chi connectivity index (χ1n) is 6.61. The number of aromatic amines is 1. The normalized spacial score (nSPS) is 10.8. The van der Waals surface area contributed by atoms with Crippen LogP contribution in [0.1, 0.15) is 5.56 Å². The molecule has 4 heteroatoms. The van der Waals surface area contributed by atoms with Gasteiger partial charge in [0.2, 0.25) is 0 Å². The van der Waals surface area contributed by atoms with Crippen molar-refractivity contribution >= 4 is 22.1 Å². The number of pyridine rings is 1. The van der Waals surface area contributed by atoms with Gasteiger partial charge in [0.1, 0.15) is 17.4 Å². The molecule has 0 amide bonds. The van der Waals surface area contributed by atoms with Crippen LogP contribution in [-0.2, 0) is 0 Å². The van der Waals surface area contributed by atoms with Crippen molar-refractivity contribution in [2.24, 2.45) is 0 Å². The molecule has 0 saturated heterocycles. The van der Waals surface area contributed by atoms with E-state index in [9.17, 15) is 5.26 Å². The number of benzene rings is 2. The summed E-state index contributed by atoms with van der Waals surface area (Å²) in [6.07, 6.45) is 0. The zero-order valence-corrected chi connectivity index (χ0v) is 11.0. The highest BCUT2D eigenvalue weighted by Gasteiger charge is 2.13. The molecular weight excluding hydrogens is 260 g/mol. The number of nitrogens with zero attached hydrogens (tertiary/aromatic N) is 3. The van der Waals surface area contributed by atoms with E-state index >= 15 is 0 Å². The highest BCUT2D eigenvalue weighted by molar-refractivity contribution is 5.97. The molecule has 0 aliphatic carbocycles. The number of aromatic nitrogens is 3. The average Bonchev–Trinajstić information content (AvgIpc) is 2.97. The lowest BCUT2D eigenvalue weighted by Crippen LogP contribution is -1.87. The van der Waals surface area contributed by atoms with Gasteiger partial charge in [-0.05, 0) is 6.07 Å². The lowest BCUT2D eigenvalue weighted by atomic mass is 10.1. The fourth-order valence-corrected chi connectivity index (χ4v) is 2.50. The first-order chi connectivity index (χ1) is 10.4. The van der Waals surface area contributed by atoms with Crippen molar-refractivity contribution in [1.82, 2.24) is 15.0 Å². The van der Waals surface area contributed by atoms with Crippen molar-refractivity contribution in [2.75, 3.05) is 0 Å². The number of fused-ring (bicyclic) bond motifs is 2. The molecule has 0 spiro atoms. The third-order valence-electron chi connectivity index (χ3n) is 3.49. The van der Waals surface area contributed by atoms with Crippen molar-refractivity contribution in [3.63, 3.8) is 0 Å². The third-order valence-corrected chi connectivity index (χ3v) is 3.49. The maximum Gasteiger partial charge on any atom is 0.180 e. The fraction of sp³-hybridized carbons (Fsp3) is 0. The van der Waals surface area contributed by atoms with E-state index in [1.165, 1.54) is 0 Å². The molecule has 0 saturated carbocycles. The Kier molecular flexibility index (Phi) is 2.45. The summed E-state index contributed by atoms with van der Waals surface area (Å²) in [6.45, 7) is 0. The van der Waals surface area contributed by atoms with Crippen molar-refractivity contribution in [3.05, 3.63) is 60.2 Å². The molecule has 0 aliphatic rings. The van der Waals surface area contributed by atoms with Crippen LogP contribution in [-0.4, -0.2) is 15.0 Å². The van der Waals surface area contributed by atoms with Crippen LogP contribution in [0.5, 0.6) is 0 Å². The molecule has 0 unspecified atom stereocenters. The Morgan fingerprint density at radius 3 is 2.48 bits per heavy atom. The molecule has 4 nitrogen and oxygen atoms in total. The predicted octanol–water partition coefficient (Wildman–Crippen LogP) is 3.65. The van der Waals surface area contributed by atoms with Crippen LogP contribution >= 0.6 is 0 Å². The van der Waals surface area contributed by atoms with Crippen molar-refractivity contribution in [3.8, 4) is 17.5 Å². The molecule has 21 heavy (non-hydrogen) atoms. The van der Waals surface area contributed by atoms with E-state index in [0.29, 0.717) is 16.7 Å². The number of nitriles is 1. The van der Waals surface area contributed by atoms with E-state index in [4.69, 9.17) is 0 Å². The summed E-state index contributed by atoms with van der Waals surface area (Å²) in [6, 6.07) is 19.7. The molecule has 0 fully saturated rings. The molecular formula is C17H10N4. The zero-order chi connectivity index (χ0) is 14.2. The summed E-state index contributed by atoms with van der Waals surface area (Å²) in [5, 5.41) is 10.3. The van der Waals surface area contributed by atoms with Gasteiger partial charge < -0.3 is 4.98 Å². The Bertz CT molecular complexity index is 994. The zero-order valence-electron chi connectivity index (χ0n) is 11.0. The Hall–Kier alpha value is -3.19. The van der Waals surface area contributed by atoms with Crippen LogP contribution in [0.15, 0.2) is 54.6 Å². The smallest absolute Gasteiger partial charge is 0.180 e. The lowest BCUT2D eigenvalue weighted by molar-refractivity contribution is 1.32. The van der Waals surface area contributed by atoms with Crippen LogP contribution in [0.25, 0.3) is 33.5 Å². The van der Waals surface area contributed by atoms with E-state index in [1.807, 2.05) is 54.6 Å². The first-order valence-corrected chi connectivity index (χ1v) is 6.61. The maximum atomic E-state index is 9.49. The highest BCUT2D eigenvalue weighted by Crippen LogP contribution is 2.26. The summed E-state index contributed by atoms with van der Waals surface area (Å²) in [5.41, 5.74) is 3.61. The summed E-state index contributed by atoms with van der Waals surface area (Å²) in [4.78, 5) is 12.3. The summed E-state index contributed by atoms with van der Waals surface area (Å²) < 4.78 is 0. The molecule has 0 radical (unpaired) electrons. The largest absolute Gasteiger partial charge is 0.335 e. The van der Waals surface area contributed by atoms with Crippen LogP contribution in [0.3, 0.4) is 0 Å². The summed E-state index contributed by atoms with van der Waals surface area (Å²) >= 11 is 0. The number of H-pyrrole nitrogens is 1. The van der Waals surface area contributed by atoms with Gasteiger partial charge in [-0.1, -0.05) is 48.5 Å². The lowest BCUT2D eigenvalue weighted by Gasteiger charge is -1.99. The quantitative estimate of drug-likeness (QED) is 0.574. The van der Waals surface area contributed by atoms with Crippen molar-refractivity contribution in [2.45, 2.75) is 0 Å². The topological polar surface area (TPSA) is 65.4 Å². The second kappa shape index (κ2) is 4.43. The third kappa shape index (κ3) is 1.76. The Morgan fingerprint density at radius 2 is 1.67 bits per heavy atom. The number of hydrogen-bond acceptors (Lipinski definition) is 3. The average molecular weight is 270 g/mol. The van der Waals surface area contributed by atoms with Gasteiger partial charge in [-0.25, -0.2) is 9.97 Å². The van der Waals surface area contributed by atoms with E-state index in [-0.39, 0.29) is 0 Å². The molecule has 4 aromatic rings. The molecule has 2 aromatic carbocycles. The standard InChI is InChI=1S/C17H10N4/c18-10-13-12-8-4-5-9-14(12)19-17-15(13)20-16(21-17)11-6-2-1-3-7-11/h1-9H,(H,19,20,21).